The second-order valence-corrected chi connectivity index (χ2v) is 12.6. The van der Waals surface area contributed by atoms with E-state index in [1.165, 1.54) is 17.2 Å². The maximum atomic E-state index is 14.0. The molecule has 1 atom stereocenters. The van der Waals surface area contributed by atoms with Gasteiger partial charge in [0.1, 0.15) is 23.6 Å². The Morgan fingerprint density at radius 1 is 1.18 bits per heavy atom. The van der Waals surface area contributed by atoms with Crippen LogP contribution in [-0.4, -0.2) is 53.2 Å². The Labute approximate surface area is 257 Å². The van der Waals surface area contributed by atoms with Crippen LogP contribution in [0.4, 0.5) is 20.2 Å². The summed E-state index contributed by atoms with van der Waals surface area (Å²) in [7, 11) is 0. The Hall–Kier alpha value is -4.70. The molecule has 226 valence electrons. The number of alkyl halides is 2. The van der Waals surface area contributed by atoms with Gasteiger partial charge in [-0.2, -0.15) is 5.26 Å². The molecule has 0 saturated heterocycles. The number of nitrogens with one attached hydrogen (secondary N) is 2. The standard InChI is InChI=1S/C30H30ClF2N11/c1-17-20(6-5-7-24(17)43-16-37-40-42-43)27(23-14-44(41-39-23)30(8-9-30)28(32)33)38-19-10-21-25(36-15-29(2,3)4)18(12-34)13-35-26(21)22(31)11-19/h5-7,10-11,13-14,16,27-28,38H,8-9,15H2,1-4H3,(H,35,36). The van der Waals surface area contributed by atoms with Crippen molar-refractivity contribution < 1.29 is 8.78 Å². The van der Waals surface area contributed by atoms with Crippen LogP contribution in [0.1, 0.15) is 62.0 Å². The topological polar surface area (TPSA) is 135 Å². The molecule has 2 aromatic carbocycles. The molecule has 6 rings (SSSR count). The fraction of sp³-hybridized carbons (Fsp3) is 0.367. The van der Waals surface area contributed by atoms with Crippen LogP contribution in [0.3, 0.4) is 0 Å². The number of tetrazole rings is 1. The van der Waals surface area contributed by atoms with Crippen molar-refractivity contribution >= 4 is 33.9 Å². The first-order valence-electron chi connectivity index (χ1n) is 14.1. The number of aromatic nitrogens is 8. The summed E-state index contributed by atoms with van der Waals surface area (Å²) in [5.74, 6) is 0. The molecular weight excluding hydrogens is 588 g/mol. The maximum Gasteiger partial charge on any atom is 0.263 e. The third-order valence-corrected chi connectivity index (χ3v) is 8.13. The summed E-state index contributed by atoms with van der Waals surface area (Å²) in [6.45, 7) is 8.82. The molecule has 1 aliphatic carbocycles. The molecule has 2 N–H and O–H groups in total. The monoisotopic (exact) mass is 617 g/mol. The summed E-state index contributed by atoms with van der Waals surface area (Å²) in [4.78, 5) is 4.46. The van der Waals surface area contributed by atoms with E-state index in [1.54, 1.807) is 16.9 Å². The largest absolute Gasteiger partial charge is 0.383 e. The quantitative estimate of drug-likeness (QED) is 0.203. The molecule has 0 bridgehead atoms. The molecule has 3 heterocycles. The highest BCUT2D eigenvalue weighted by molar-refractivity contribution is 6.35. The van der Waals surface area contributed by atoms with Gasteiger partial charge in [0.15, 0.2) is 0 Å². The fourth-order valence-corrected chi connectivity index (χ4v) is 5.49. The van der Waals surface area contributed by atoms with Crippen molar-refractivity contribution in [1.29, 1.82) is 5.26 Å². The molecule has 1 fully saturated rings. The van der Waals surface area contributed by atoms with Gasteiger partial charge < -0.3 is 10.6 Å². The van der Waals surface area contributed by atoms with Crippen molar-refractivity contribution in [1.82, 2.24) is 40.2 Å². The van der Waals surface area contributed by atoms with Crippen LogP contribution in [0.5, 0.6) is 0 Å². The van der Waals surface area contributed by atoms with Gasteiger partial charge in [0.05, 0.1) is 39.7 Å². The molecule has 5 aromatic rings. The van der Waals surface area contributed by atoms with Gasteiger partial charge in [-0.05, 0) is 64.9 Å². The molecule has 0 spiro atoms. The zero-order valence-corrected chi connectivity index (χ0v) is 25.3. The van der Waals surface area contributed by atoms with E-state index in [0.717, 1.165) is 16.8 Å². The first-order valence-corrected chi connectivity index (χ1v) is 14.4. The van der Waals surface area contributed by atoms with Gasteiger partial charge in [0.25, 0.3) is 6.43 Å². The normalized spacial score (nSPS) is 14.9. The molecule has 0 amide bonds. The van der Waals surface area contributed by atoms with Crippen LogP contribution in [0.2, 0.25) is 5.02 Å². The lowest BCUT2D eigenvalue weighted by atomic mass is 9.96. The number of fused-ring (bicyclic) bond motifs is 1. The highest BCUT2D eigenvalue weighted by atomic mass is 35.5. The second-order valence-electron chi connectivity index (χ2n) is 12.2. The molecule has 1 saturated carbocycles. The van der Waals surface area contributed by atoms with Crippen molar-refractivity contribution in [3.63, 3.8) is 0 Å². The molecule has 3 aromatic heterocycles. The number of hydrogen-bond donors (Lipinski definition) is 2. The van der Waals surface area contributed by atoms with E-state index >= 15 is 0 Å². The van der Waals surface area contributed by atoms with Crippen LogP contribution in [0.25, 0.3) is 16.6 Å². The Bertz CT molecular complexity index is 1870. The second kappa shape index (κ2) is 11.1. The SMILES string of the molecule is Cc1c(C(Nc2cc(Cl)c3ncc(C#N)c(NCC(C)(C)C)c3c2)c2cn(C3(C(F)F)CC3)nn2)cccc1-n1cnnn1. The molecule has 0 radical (unpaired) electrons. The van der Waals surface area contributed by atoms with Crippen LogP contribution in [0, 0.1) is 23.7 Å². The molecule has 1 unspecified atom stereocenters. The Morgan fingerprint density at radius 3 is 2.64 bits per heavy atom. The summed E-state index contributed by atoms with van der Waals surface area (Å²) in [6, 6.07) is 10.9. The lowest BCUT2D eigenvalue weighted by Gasteiger charge is -2.23. The van der Waals surface area contributed by atoms with Crippen molar-refractivity contribution in [3.05, 3.63) is 76.5 Å². The molecule has 0 aliphatic heterocycles. The smallest absolute Gasteiger partial charge is 0.263 e. The van der Waals surface area contributed by atoms with Gasteiger partial charge in [0, 0.05) is 23.8 Å². The van der Waals surface area contributed by atoms with Gasteiger partial charge in [-0.15, -0.1) is 10.2 Å². The molecular formula is C30H30ClF2N11. The van der Waals surface area contributed by atoms with Crippen molar-refractivity contribution in [2.45, 2.75) is 58.5 Å². The minimum absolute atomic E-state index is 0.0573. The van der Waals surface area contributed by atoms with Crippen LogP contribution < -0.4 is 10.6 Å². The van der Waals surface area contributed by atoms with E-state index in [4.69, 9.17) is 11.6 Å². The number of rotatable bonds is 9. The lowest BCUT2D eigenvalue weighted by molar-refractivity contribution is 0.0593. The van der Waals surface area contributed by atoms with E-state index in [-0.39, 0.29) is 5.41 Å². The van der Waals surface area contributed by atoms with Crippen LogP contribution in [0.15, 0.2) is 49.1 Å². The number of nitrogens with zero attached hydrogens (tertiary/aromatic N) is 9. The van der Waals surface area contributed by atoms with Gasteiger partial charge in [0.2, 0.25) is 0 Å². The lowest BCUT2D eigenvalue weighted by Crippen LogP contribution is -2.26. The Balaban J connectivity index is 1.48. The third-order valence-electron chi connectivity index (χ3n) is 7.84. The van der Waals surface area contributed by atoms with Crippen molar-refractivity contribution in [2.75, 3.05) is 17.2 Å². The van der Waals surface area contributed by atoms with Crippen LogP contribution >= 0.6 is 11.6 Å². The fourth-order valence-electron chi connectivity index (χ4n) is 5.22. The average Bonchev–Trinajstić information content (AvgIpc) is 3.36. The number of nitriles is 1. The summed E-state index contributed by atoms with van der Waals surface area (Å²) in [6.07, 6.45) is 2.69. The number of anilines is 2. The predicted molar refractivity (Wildman–Crippen MR) is 162 cm³/mol. The Kier molecular flexibility index (Phi) is 7.41. The van der Waals surface area contributed by atoms with Gasteiger partial charge >= 0.3 is 0 Å². The van der Waals surface area contributed by atoms with Crippen LogP contribution in [-0.2, 0) is 5.54 Å². The minimum Gasteiger partial charge on any atom is -0.383 e. The molecule has 44 heavy (non-hydrogen) atoms. The first kappa shape index (κ1) is 29.4. The maximum absolute atomic E-state index is 14.0. The summed E-state index contributed by atoms with van der Waals surface area (Å²) < 4.78 is 30.8. The first-order chi connectivity index (χ1) is 21.0. The minimum atomic E-state index is -2.56. The van der Waals surface area contributed by atoms with E-state index in [2.05, 4.69) is 68.3 Å². The van der Waals surface area contributed by atoms with E-state index in [1.807, 2.05) is 31.2 Å². The van der Waals surface area contributed by atoms with E-state index < -0.39 is 18.0 Å². The number of pyridine rings is 1. The van der Waals surface area contributed by atoms with Crippen molar-refractivity contribution in [3.8, 4) is 11.8 Å². The summed E-state index contributed by atoms with van der Waals surface area (Å²) in [5, 5.41) is 37.9. The van der Waals surface area contributed by atoms with E-state index in [9.17, 15) is 14.0 Å². The number of hydrogen-bond acceptors (Lipinski definition) is 9. The third kappa shape index (κ3) is 5.41. The van der Waals surface area contributed by atoms with E-state index in [0.29, 0.717) is 57.9 Å². The number of halogens is 3. The summed E-state index contributed by atoms with van der Waals surface area (Å²) >= 11 is 6.77. The molecule has 14 heteroatoms. The van der Waals surface area contributed by atoms with Gasteiger partial charge in [-0.1, -0.05) is 49.7 Å². The number of benzene rings is 2. The summed E-state index contributed by atoms with van der Waals surface area (Å²) in [5.41, 5.74) is 3.61. The van der Waals surface area contributed by atoms with Gasteiger partial charge in [-0.3, -0.25) is 4.98 Å². The molecule has 1 aliphatic rings. The van der Waals surface area contributed by atoms with Gasteiger partial charge in [-0.25, -0.2) is 18.1 Å². The Morgan fingerprint density at radius 2 is 1.98 bits per heavy atom. The average molecular weight is 618 g/mol. The highest BCUT2D eigenvalue weighted by Crippen LogP contribution is 2.48. The van der Waals surface area contributed by atoms with Crippen molar-refractivity contribution in [2.24, 2.45) is 5.41 Å². The zero-order valence-electron chi connectivity index (χ0n) is 24.6. The zero-order chi connectivity index (χ0) is 31.2. The highest BCUT2D eigenvalue weighted by Gasteiger charge is 2.54. The predicted octanol–water partition coefficient (Wildman–Crippen LogP) is 6.05. The molecule has 11 nitrogen and oxygen atoms in total.